The Kier molecular flexibility index (Phi) is 3.53. The van der Waals surface area contributed by atoms with Gasteiger partial charge in [0.25, 0.3) is 0 Å². The number of ether oxygens (including phenoxy) is 1. The maximum atomic E-state index is 11.5. The molecule has 0 aromatic carbocycles. The largest absolute Gasteiger partial charge is 0.453 e. The lowest BCUT2D eigenvalue weighted by atomic mass is 9.97. The van der Waals surface area contributed by atoms with Gasteiger partial charge in [0.15, 0.2) is 0 Å². The van der Waals surface area contributed by atoms with Crippen LogP contribution in [0.3, 0.4) is 0 Å². The van der Waals surface area contributed by atoms with Crippen LogP contribution in [0.2, 0.25) is 5.02 Å². The van der Waals surface area contributed by atoms with Gasteiger partial charge in [-0.15, -0.1) is 0 Å². The lowest BCUT2D eigenvalue weighted by Crippen LogP contribution is -2.28. The summed E-state index contributed by atoms with van der Waals surface area (Å²) in [6, 6.07) is 2.00. The van der Waals surface area contributed by atoms with Gasteiger partial charge in [-0.3, -0.25) is 0 Å². The minimum absolute atomic E-state index is 0.250. The molecule has 1 atom stereocenters. The number of aromatic amines is 1. The highest BCUT2D eigenvalue weighted by atomic mass is 35.5. The van der Waals surface area contributed by atoms with E-state index in [1.807, 2.05) is 12.3 Å². The first kappa shape index (κ1) is 13.2. The number of nitrogens with one attached hydrogen (secondary N) is 1. The number of hydrogen-bond acceptors (Lipinski definition) is 3. The maximum absolute atomic E-state index is 11.5. The molecule has 2 aromatic heterocycles. The fraction of sp³-hybridized carbons (Fsp3) is 0.429. The third-order valence-electron chi connectivity index (χ3n) is 3.86. The molecule has 1 saturated heterocycles. The van der Waals surface area contributed by atoms with E-state index in [1.54, 1.807) is 11.1 Å². The molecule has 0 spiro atoms. The number of H-pyrrole nitrogens is 1. The van der Waals surface area contributed by atoms with Crippen LogP contribution in [-0.2, 0) is 11.2 Å². The fourth-order valence-corrected chi connectivity index (χ4v) is 3.06. The Morgan fingerprint density at radius 1 is 1.65 bits per heavy atom. The van der Waals surface area contributed by atoms with E-state index in [0.29, 0.717) is 10.9 Å². The minimum Gasteiger partial charge on any atom is -0.453 e. The van der Waals surface area contributed by atoms with Crippen LogP contribution < -0.4 is 0 Å². The average molecular weight is 294 g/mol. The molecule has 3 heterocycles. The number of carbonyl (C=O) groups excluding carboxylic acids is 1. The molecule has 0 bridgehead atoms. The lowest BCUT2D eigenvalue weighted by molar-refractivity contribution is 0.131. The molecular formula is C14H16ClN3O2. The van der Waals surface area contributed by atoms with Crippen molar-refractivity contribution in [1.82, 2.24) is 14.9 Å². The lowest BCUT2D eigenvalue weighted by Gasteiger charge is -2.15. The Labute approximate surface area is 121 Å². The smallest absolute Gasteiger partial charge is 0.409 e. The summed E-state index contributed by atoms with van der Waals surface area (Å²) in [5, 5.41) is 1.75. The second kappa shape index (κ2) is 5.32. The van der Waals surface area contributed by atoms with Gasteiger partial charge in [0.1, 0.15) is 5.65 Å². The van der Waals surface area contributed by atoms with E-state index < -0.39 is 0 Å². The van der Waals surface area contributed by atoms with Gasteiger partial charge in [0.2, 0.25) is 0 Å². The molecule has 6 heteroatoms. The topological polar surface area (TPSA) is 58.2 Å². The first-order valence-corrected chi connectivity index (χ1v) is 7.00. The second-order valence-electron chi connectivity index (χ2n) is 5.10. The highest BCUT2D eigenvalue weighted by Crippen LogP contribution is 2.29. The zero-order chi connectivity index (χ0) is 14.1. The van der Waals surface area contributed by atoms with Crippen molar-refractivity contribution in [1.29, 1.82) is 0 Å². The third kappa shape index (κ3) is 2.33. The standard InChI is InChI=1S/C14H16ClN3O2/c1-20-14(19)18-5-3-9(8-18)6-11-10-2-4-16-13(10)17-7-12(11)15/h2,4,7,9H,3,5-6,8H2,1H3,(H,16,17)/t9-/m0/s1. The number of carbonyl (C=O) groups is 1. The van der Waals surface area contributed by atoms with Crippen LogP contribution in [0, 0.1) is 5.92 Å². The van der Waals surface area contributed by atoms with Crippen molar-refractivity contribution in [3.05, 3.63) is 29.0 Å². The summed E-state index contributed by atoms with van der Waals surface area (Å²) >= 11 is 6.28. The maximum Gasteiger partial charge on any atom is 0.409 e. The number of halogens is 1. The first-order chi connectivity index (χ1) is 9.69. The second-order valence-corrected chi connectivity index (χ2v) is 5.51. The number of rotatable bonds is 2. The zero-order valence-corrected chi connectivity index (χ0v) is 12.0. The Bertz CT molecular complexity index is 640. The van der Waals surface area contributed by atoms with Gasteiger partial charge in [0, 0.05) is 30.9 Å². The summed E-state index contributed by atoms with van der Waals surface area (Å²) in [6.07, 6.45) is 5.12. The van der Waals surface area contributed by atoms with Crippen molar-refractivity contribution in [2.24, 2.45) is 5.92 Å². The van der Waals surface area contributed by atoms with E-state index in [9.17, 15) is 4.79 Å². The average Bonchev–Trinajstić information content (AvgIpc) is 3.10. The van der Waals surface area contributed by atoms with Crippen LogP contribution in [0.5, 0.6) is 0 Å². The Balaban J connectivity index is 1.79. The number of aromatic nitrogens is 2. The first-order valence-electron chi connectivity index (χ1n) is 6.62. The summed E-state index contributed by atoms with van der Waals surface area (Å²) in [5.41, 5.74) is 1.96. The van der Waals surface area contributed by atoms with Gasteiger partial charge in [0.05, 0.1) is 12.1 Å². The molecule has 20 heavy (non-hydrogen) atoms. The molecule has 0 aliphatic carbocycles. The molecule has 2 aromatic rings. The number of pyridine rings is 1. The van der Waals surface area contributed by atoms with Gasteiger partial charge in [-0.05, 0) is 30.4 Å². The third-order valence-corrected chi connectivity index (χ3v) is 4.18. The molecule has 1 amide bonds. The van der Waals surface area contributed by atoms with Crippen LogP contribution in [0.25, 0.3) is 11.0 Å². The van der Waals surface area contributed by atoms with Crippen LogP contribution in [0.4, 0.5) is 4.79 Å². The molecule has 0 unspecified atom stereocenters. The van der Waals surface area contributed by atoms with Gasteiger partial charge in [-0.1, -0.05) is 11.6 Å². The van der Waals surface area contributed by atoms with Crippen molar-refractivity contribution in [2.75, 3.05) is 20.2 Å². The molecule has 0 saturated carbocycles. The summed E-state index contributed by atoms with van der Waals surface area (Å²) in [4.78, 5) is 20.6. The molecule has 1 N–H and O–H groups in total. The Hall–Kier alpha value is -1.75. The zero-order valence-electron chi connectivity index (χ0n) is 11.2. The number of likely N-dealkylation sites (tertiary alicyclic amines) is 1. The highest BCUT2D eigenvalue weighted by molar-refractivity contribution is 6.32. The number of fused-ring (bicyclic) bond motifs is 1. The number of hydrogen-bond donors (Lipinski definition) is 1. The van der Waals surface area contributed by atoms with Gasteiger partial charge < -0.3 is 14.6 Å². The van der Waals surface area contributed by atoms with E-state index >= 15 is 0 Å². The Morgan fingerprint density at radius 2 is 2.50 bits per heavy atom. The van der Waals surface area contributed by atoms with Gasteiger partial charge in [-0.25, -0.2) is 9.78 Å². The summed E-state index contributed by atoms with van der Waals surface area (Å²) < 4.78 is 4.76. The number of methoxy groups -OCH3 is 1. The van der Waals surface area contributed by atoms with Gasteiger partial charge in [-0.2, -0.15) is 0 Å². The summed E-state index contributed by atoms with van der Waals surface area (Å²) in [6.45, 7) is 1.47. The van der Waals surface area contributed by atoms with E-state index in [2.05, 4.69) is 9.97 Å². The monoisotopic (exact) mass is 293 g/mol. The molecule has 5 nitrogen and oxygen atoms in total. The normalized spacial score (nSPS) is 18.7. The van der Waals surface area contributed by atoms with Crippen LogP contribution in [-0.4, -0.2) is 41.2 Å². The van der Waals surface area contributed by atoms with Crippen LogP contribution >= 0.6 is 11.6 Å². The van der Waals surface area contributed by atoms with Crippen LogP contribution in [0.1, 0.15) is 12.0 Å². The predicted molar refractivity (Wildman–Crippen MR) is 76.9 cm³/mol. The SMILES string of the molecule is COC(=O)N1CC[C@@H](Cc2c(Cl)cnc3[nH]ccc23)C1. The van der Waals surface area contributed by atoms with E-state index in [0.717, 1.165) is 42.5 Å². The summed E-state index contributed by atoms with van der Waals surface area (Å²) in [5.74, 6) is 0.409. The number of nitrogens with zero attached hydrogens (tertiary/aromatic N) is 2. The Morgan fingerprint density at radius 3 is 3.30 bits per heavy atom. The van der Waals surface area contributed by atoms with E-state index in [-0.39, 0.29) is 6.09 Å². The molecule has 1 aliphatic heterocycles. The fourth-order valence-electron chi connectivity index (χ4n) is 2.83. The molecule has 3 rings (SSSR count). The highest BCUT2D eigenvalue weighted by Gasteiger charge is 2.27. The predicted octanol–water partition coefficient (Wildman–Crippen LogP) is 2.85. The molecule has 1 fully saturated rings. The molecule has 106 valence electrons. The summed E-state index contributed by atoms with van der Waals surface area (Å²) in [7, 11) is 1.42. The van der Waals surface area contributed by atoms with Crippen LogP contribution in [0.15, 0.2) is 18.5 Å². The van der Waals surface area contributed by atoms with Crippen molar-refractivity contribution in [2.45, 2.75) is 12.8 Å². The molecule has 1 aliphatic rings. The quantitative estimate of drug-likeness (QED) is 0.926. The number of amides is 1. The van der Waals surface area contributed by atoms with Crippen molar-refractivity contribution in [3.8, 4) is 0 Å². The minimum atomic E-state index is -0.250. The van der Waals surface area contributed by atoms with Crippen molar-refractivity contribution >= 4 is 28.7 Å². The van der Waals surface area contributed by atoms with Crippen molar-refractivity contribution in [3.63, 3.8) is 0 Å². The molecule has 0 radical (unpaired) electrons. The van der Waals surface area contributed by atoms with E-state index in [1.165, 1.54) is 7.11 Å². The molecular weight excluding hydrogens is 278 g/mol. The van der Waals surface area contributed by atoms with E-state index in [4.69, 9.17) is 16.3 Å². The van der Waals surface area contributed by atoms with Crippen molar-refractivity contribution < 1.29 is 9.53 Å². The van der Waals surface area contributed by atoms with Gasteiger partial charge >= 0.3 is 6.09 Å².